The number of aldehydes is 1. The maximum absolute atomic E-state index is 14.8. The summed E-state index contributed by atoms with van der Waals surface area (Å²) in [6, 6.07) is 12.6. The Bertz CT molecular complexity index is 2280. The number of aliphatic hydroxyl groups is 6. The summed E-state index contributed by atoms with van der Waals surface area (Å²) in [5, 5.41) is 74.9. The Morgan fingerprint density at radius 2 is 1.76 bits per heavy atom. The number of nitrogens with zero attached hydrogens (tertiary/aromatic N) is 1. The summed E-state index contributed by atoms with van der Waals surface area (Å²) >= 11 is 0. The number of hydrogen-bond acceptors (Lipinski definition) is 18. The molecule has 11 N–H and O–H groups in total. The molecule has 9 rings (SSSR count). The van der Waals surface area contributed by atoms with Gasteiger partial charge < -0.3 is 64.6 Å². The van der Waals surface area contributed by atoms with E-state index >= 15 is 0 Å². The number of hydrogen-bond donors (Lipinski definition) is 10. The van der Waals surface area contributed by atoms with Crippen LogP contribution in [-0.2, 0) is 25.7 Å². The standard InChI is InChI=1S/C44H51N5O14/c45-44-47-41-32(42(59)48-44)46-18-49(41)28-4-2-1-3-23(28)30-26-14-25-31(34(55)24-13-19(15-52)5-7-22(24)33(25)54)40(61-16-21(53)10-12-51)38(26)62-43-37(58)35(56)36(57)39(63-43)29-8-6-20(9-11-50)27(30)17-60-29/h1-5,7,12-14,20-21,27,29-30,32,35-37,39,41,43-44,46-47,50,52-53,56-58H,6,8-11,15-18,45H2,(H,48,59). The van der Waals surface area contributed by atoms with Gasteiger partial charge in [0, 0.05) is 46.9 Å². The van der Waals surface area contributed by atoms with Crippen LogP contribution in [0.1, 0.15) is 80.1 Å². The lowest BCUT2D eigenvalue weighted by molar-refractivity contribution is -0.291. The molecule has 4 bridgehead atoms. The van der Waals surface area contributed by atoms with E-state index in [1.807, 2.05) is 29.2 Å². The molecular weight excluding hydrogens is 823 g/mol. The van der Waals surface area contributed by atoms with Gasteiger partial charge in [-0.1, -0.05) is 24.3 Å². The number of fused-ring (bicyclic) bond motifs is 10. The van der Waals surface area contributed by atoms with Crippen LogP contribution in [0.4, 0.5) is 5.69 Å². The van der Waals surface area contributed by atoms with Gasteiger partial charge in [0.05, 0.1) is 37.7 Å². The maximum atomic E-state index is 14.8. The highest BCUT2D eigenvalue weighted by Crippen LogP contribution is 2.53. The second-order valence-electron chi connectivity index (χ2n) is 17.0. The largest absolute Gasteiger partial charge is 0.486 e. The van der Waals surface area contributed by atoms with Gasteiger partial charge in [-0.05, 0) is 66.5 Å². The van der Waals surface area contributed by atoms with E-state index in [0.717, 1.165) is 0 Å². The smallest absolute Gasteiger partial charge is 0.242 e. The van der Waals surface area contributed by atoms with Crippen LogP contribution in [0, 0.1) is 11.8 Å². The van der Waals surface area contributed by atoms with E-state index in [1.54, 1.807) is 0 Å². The third-order valence-corrected chi connectivity index (χ3v) is 13.3. The van der Waals surface area contributed by atoms with Gasteiger partial charge in [0.1, 0.15) is 55.8 Å². The van der Waals surface area contributed by atoms with E-state index in [9.17, 15) is 49.8 Å². The molecule has 4 saturated heterocycles. The Kier molecular flexibility index (Phi) is 12.1. The second kappa shape index (κ2) is 17.6. The molecule has 1 amide bonds. The van der Waals surface area contributed by atoms with Gasteiger partial charge in [-0.3, -0.25) is 30.8 Å². The minimum absolute atomic E-state index is 0.00945. The Labute approximate surface area is 361 Å². The molecular formula is C44H51N5O14. The molecule has 0 saturated carbocycles. The van der Waals surface area contributed by atoms with Crippen molar-refractivity contribution in [3.63, 3.8) is 0 Å². The number of ether oxygens (including phenoxy) is 4. The minimum atomic E-state index is -1.87. The molecule has 6 aliphatic rings. The summed E-state index contributed by atoms with van der Waals surface area (Å²) < 4.78 is 26.0. The number of nitrogens with two attached hydrogens (primary N) is 1. The molecule has 3 aromatic carbocycles. The van der Waals surface area contributed by atoms with Gasteiger partial charge in [0.15, 0.2) is 23.1 Å². The first kappa shape index (κ1) is 43.4. The number of para-hydroxylation sites is 1. The first-order valence-electron chi connectivity index (χ1n) is 21.2. The summed E-state index contributed by atoms with van der Waals surface area (Å²) in [6.07, 6.45) is -10.7. The molecule has 63 heavy (non-hydrogen) atoms. The molecule has 13 atom stereocenters. The molecule has 0 spiro atoms. The Morgan fingerprint density at radius 3 is 2.54 bits per heavy atom. The van der Waals surface area contributed by atoms with Crippen LogP contribution in [0.5, 0.6) is 11.5 Å². The number of aliphatic hydroxyl groups excluding tert-OH is 6. The quantitative estimate of drug-likeness (QED) is 0.0806. The van der Waals surface area contributed by atoms with Crippen molar-refractivity contribution in [2.24, 2.45) is 17.6 Å². The molecule has 5 heterocycles. The van der Waals surface area contributed by atoms with Crippen molar-refractivity contribution in [3.05, 3.63) is 87.5 Å². The molecule has 5 aliphatic heterocycles. The number of ketones is 2. The third kappa shape index (κ3) is 7.59. The number of benzene rings is 3. The van der Waals surface area contributed by atoms with Crippen molar-refractivity contribution in [1.29, 1.82) is 0 Å². The molecule has 13 unspecified atom stereocenters. The van der Waals surface area contributed by atoms with E-state index in [1.165, 1.54) is 24.3 Å². The van der Waals surface area contributed by atoms with E-state index in [0.29, 0.717) is 42.4 Å². The van der Waals surface area contributed by atoms with Crippen LogP contribution in [0.2, 0.25) is 0 Å². The first-order chi connectivity index (χ1) is 30.4. The van der Waals surface area contributed by atoms with E-state index in [2.05, 4.69) is 16.0 Å². The summed E-state index contributed by atoms with van der Waals surface area (Å²) in [4.78, 5) is 56.3. The Morgan fingerprint density at radius 1 is 0.952 bits per heavy atom. The van der Waals surface area contributed by atoms with Gasteiger partial charge in [-0.2, -0.15) is 0 Å². The van der Waals surface area contributed by atoms with Gasteiger partial charge in [0.25, 0.3) is 0 Å². The molecule has 4 fully saturated rings. The fourth-order valence-corrected chi connectivity index (χ4v) is 10.2. The zero-order valence-corrected chi connectivity index (χ0v) is 34.0. The molecule has 0 radical (unpaired) electrons. The summed E-state index contributed by atoms with van der Waals surface area (Å²) in [5.41, 5.74) is 7.77. The van der Waals surface area contributed by atoms with Crippen LogP contribution in [0.25, 0.3) is 0 Å². The van der Waals surface area contributed by atoms with Crippen molar-refractivity contribution in [2.45, 2.75) is 99.6 Å². The van der Waals surface area contributed by atoms with E-state index < -0.39 is 98.0 Å². The number of anilines is 1. The van der Waals surface area contributed by atoms with Gasteiger partial charge >= 0.3 is 0 Å². The fraction of sp³-hybridized carbons (Fsp3) is 0.500. The number of amides is 1. The van der Waals surface area contributed by atoms with Crippen molar-refractivity contribution >= 4 is 29.4 Å². The highest BCUT2D eigenvalue weighted by atomic mass is 16.7. The molecule has 19 heteroatoms. The van der Waals surface area contributed by atoms with Crippen molar-refractivity contribution in [1.82, 2.24) is 16.0 Å². The first-order valence-corrected chi connectivity index (χ1v) is 21.2. The van der Waals surface area contributed by atoms with Crippen molar-refractivity contribution < 1.29 is 68.8 Å². The molecule has 336 valence electrons. The summed E-state index contributed by atoms with van der Waals surface area (Å²) in [5.74, 6) is -3.83. The zero-order valence-electron chi connectivity index (χ0n) is 34.0. The van der Waals surface area contributed by atoms with Crippen molar-refractivity contribution in [2.75, 3.05) is 31.4 Å². The van der Waals surface area contributed by atoms with Crippen LogP contribution in [-0.4, -0.2) is 142 Å². The molecule has 19 nitrogen and oxygen atoms in total. The maximum Gasteiger partial charge on any atom is 0.242 e. The molecule has 0 aromatic heterocycles. The predicted molar refractivity (Wildman–Crippen MR) is 218 cm³/mol. The van der Waals surface area contributed by atoms with E-state index in [4.69, 9.17) is 24.7 Å². The zero-order chi connectivity index (χ0) is 44.3. The SMILES string of the molecule is NC1NC(=O)C2NCN(c3ccccc3C3c4cc5c(c(OCC(O)CC=O)c4OC4OC(C6CCC(CCO)C3CO6)C(O)C(O)C4O)C(=O)c3cc(CO)ccc3C5=O)C2N1. The highest BCUT2D eigenvalue weighted by molar-refractivity contribution is 6.29. The lowest BCUT2D eigenvalue weighted by Crippen LogP contribution is -2.70. The van der Waals surface area contributed by atoms with Gasteiger partial charge in [-0.25, -0.2) is 0 Å². The average molecular weight is 874 g/mol. The average Bonchev–Trinajstić information content (AvgIpc) is 3.59. The van der Waals surface area contributed by atoms with Crippen molar-refractivity contribution in [3.8, 4) is 11.5 Å². The number of nitrogens with one attached hydrogen (secondary N) is 3. The Balaban J connectivity index is 1.34. The van der Waals surface area contributed by atoms with E-state index in [-0.39, 0.29) is 77.4 Å². The molecule has 1 aliphatic carbocycles. The fourth-order valence-electron chi connectivity index (χ4n) is 10.2. The van der Waals surface area contributed by atoms with Crippen LogP contribution in [0.15, 0.2) is 48.5 Å². The number of carbonyl (C=O) groups is 4. The number of rotatable bonds is 10. The van der Waals surface area contributed by atoms with Gasteiger partial charge in [0.2, 0.25) is 12.2 Å². The third-order valence-electron chi connectivity index (χ3n) is 13.3. The second-order valence-corrected chi connectivity index (χ2v) is 17.0. The van der Waals surface area contributed by atoms with Crippen LogP contribution in [0.3, 0.4) is 0 Å². The predicted octanol–water partition coefficient (Wildman–Crippen LogP) is -1.57. The normalized spacial score (nSPS) is 32.8. The minimum Gasteiger partial charge on any atom is -0.486 e. The lowest BCUT2D eigenvalue weighted by Gasteiger charge is -2.43. The van der Waals surface area contributed by atoms with Gasteiger partial charge in [-0.15, -0.1) is 0 Å². The number of carbonyl (C=O) groups excluding carboxylic acids is 4. The van der Waals surface area contributed by atoms with Crippen LogP contribution < -0.4 is 36.1 Å². The monoisotopic (exact) mass is 873 g/mol. The highest BCUT2D eigenvalue weighted by Gasteiger charge is 2.52. The summed E-state index contributed by atoms with van der Waals surface area (Å²) in [7, 11) is 0. The van der Waals surface area contributed by atoms with Crippen LogP contribution >= 0.6 is 0 Å². The molecule has 3 aromatic rings. The summed E-state index contributed by atoms with van der Waals surface area (Å²) in [6.45, 7) is -1.00. The topological polar surface area (TPSA) is 292 Å². The Hall–Kier alpha value is -4.90. The lowest BCUT2D eigenvalue weighted by atomic mass is 9.70.